The summed E-state index contributed by atoms with van der Waals surface area (Å²) in [5.41, 5.74) is 3.56. The zero-order chi connectivity index (χ0) is 25.1. The van der Waals surface area contributed by atoms with E-state index in [4.69, 9.17) is 4.74 Å². The number of carbonyl (C=O) groups is 2. The third kappa shape index (κ3) is 5.98. The number of benzene rings is 2. The summed E-state index contributed by atoms with van der Waals surface area (Å²) >= 11 is 0. The number of ether oxygens (including phenoxy) is 1. The second-order valence-corrected chi connectivity index (χ2v) is 11.0. The number of Topliss-reactive ketones (excluding diaryl/α,β-unsaturated/α-hetero) is 1. The largest absolute Gasteiger partial charge is 0.495 e. The third-order valence-corrected chi connectivity index (χ3v) is 6.34. The molecule has 0 spiro atoms. The molecule has 1 aliphatic heterocycles. The number of nitrogens with one attached hydrogen (secondary N) is 1. The van der Waals surface area contributed by atoms with E-state index in [1.807, 2.05) is 47.4 Å². The summed E-state index contributed by atoms with van der Waals surface area (Å²) in [6.45, 7) is 15.8. The quantitative estimate of drug-likeness (QED) is 0.631. The average Bonchev–Trinajstić information content (AvgIpc) is 2.78. The van der Waals surface area contributed by atoms with E-state index in [-0.39, 0.29) is 17.4 Å². The zero-order valence-corrected chi connectivity index (χ0v) is 21.7. The van der Waals surface area contributed by atoms with Gasteiger partial charge in [-0.1, -0.05) is 71.9 Å². The Bertz CT molecular complexity index is 994. The highest BCUT2D eigenvalue weighted by Crippen LogP contribution is 2.37. The Kier molecular flexibility index (Phi) is 7.71. The molecule has 184 valence electrons. The van der Waals surface area contributed by atoms with Crippen LogP contribution in [0.1, 0.15) is 52.7 Å². The van der Waals surface area contributed by atoms with Crippen molar-refractivity contribution in [1.29, 1.82) is 0 Å². The molecule has 1 saturated heterocycles. The molecule has 1 amide bonds. The van der Waals surface area contributed by atoms with Crippen molar-refractivity contribution in [2.75, 3.05) is 50.1 Å². The summed E-state index contributed by atoms with van der Waals surface area (Å²) in [5, 5.41) is 2.99. The van der Waals surface area contributed by atoms with Crippen LogP contribution in [0.2, 0.25) is 0 Å². The molecule has 1 N–H and O–H groups in total. The van der Waals surface area contributed by atoms with Crippen LogP contribution in [0.3, 0.4) is 0 Å². The van der Waals surface area contributed by atoms with E-state index >= 15 is 0 Å². The zero-order valence-electron chi connectivity index (χ0n) is 21.7. The number of para-hydroxylation sites is 3. The lowest BCUT2D eigenvalue weighted by molar-refractivity contribution is -0.135. The Morgan fingerprint density at radius 3 is 1.94 bits per heavy atom. The van der Waals surface area contributed by atoms with Crippen molar-refractivity contribution in [1.82, 2.24) is 4.90 Å². The molecular weight excluding hydrogens is 426 g/mol. The molecule has 3 rings (SSSR count). The second kappa shape index (κ2) is 10.2. The topological polar surface area (TPSA) is 61.9 Å². The van der Waals surface area contributed by atoms with Crippen LogP contribution in [0.4, 0.5) is 11.4 Å². The fourth-order valence-corrected chi connectivity index (χ4v) is 4.43. The third-order valence-electron chi connectivity index (χ3n) is 6.34. The van der Waals surface area contributed by atoms with Crippen molar-refractivity contribution in [2.45, 2.75) is 52.4 Å². The number of nitrogens with zero attached hydrogens (tertiary/aromatic N) is 2. The molecule has 0 unspecified atom stereocenters. The highest BCUT2D eigenvalue weighted by molar-refractivity contribution is 6.41. The average molecular weight is 466 g/mol. The Labute approximate surface area is 204 Å². The lowest BCUT2D eigenvalue weighted by atomic mass is 9.78. The van der Waals surface area contributed by atoms with E-state index in [1.165, 1.54) is 0 Å². The van der Waals surface area contributed by atoms with E-state index in [1.54, 1.807) is 7.11 Å². The Hall–Kier alpha value is -2.86. The maximum Gasteiger partial charge on any atom is 0.293 e. The molecule has 34 heavy (non-hydrogen) atoms. The minimum Gasteiger partial charge on any atom is -0.495 e. The van der Waals surface area contributed by atoms with E-state index in [0.717, 1.165) is 41.3 Å². The van der Waals surface area contributed by atoms with Gasteiger partial charge in [0.2, 0.25) is 5.78 Å². The van der Waals surface area contributed by atoms with Crippen molar-refractivity contribution in [3.05, 3.63) is 53.6 Å². The molecule has 0 atom stereocenters. The first-order chi connectivity index (χ1) is 15.9. The van der Waals surface area contributed by atoms with Gasteiger partial charge in [-0.15, -0.1) is 0 Å². The van der Waals surface area contributed by atoms with E-state index in [0.29, 0.717) is 13.1 Å². The Morgan fingerprint density at radius 2 is 1.41 bits per heavy atom. The van der Waals surface area contributed by atoms with Gasteiger partial charge in [0, 0.05) is 31.9 Å². The number of hydrogen-bond donors (Lipinski definition) is 1. The van der Waals surface area contributed by atoms with E-state index in [2.05, 4.69) is 51.8 Å². The maximum atomic E-state index is 13.0. The van der Waals surface area contributed by atoms with Crippen LogP contribution in [-0.4, -0.2) is 56.4 Å². The van der Waals surface area contributed by atoms with Crippen molar-refractivity contribution in [3.63, 3.8) is 0 Å². The molecule has 0 saturated carbocycles. The first kappa shape index (κ1) is 25.8. The highest BCUT2D eigenvalue weighted by atomic mass is 16.5. The normalized spacial score (nSPS) is 15.2. The molecule has 1 fully saturated rings. The van der Waals surface area contributed by atoms with Gasteiger partial charge in [-0.2, -0.15) is 0 Å². The summed E-state index contributed by atoms with van der Waals surface area (Å²) in [7, 11) is 1.68. The van der Waals surface area contributed by atoms with Crippen molar-refractivity contribution < 1.29 is 14.3 Å². The molecule has 2 aromatic rings. The molecule has 0 aliphatic carbocycles. The van der Waals surface area contributed by atoms with Crippen molar-refractivity contribution in [3.8, 4) is 5.75 Å². The monoisotopic (exact) mass is 465 g/mol. The number of ketones is 1. The van der Waals surface area contributed by atoms with Crippen LogP contribution in [0.25, 0.3) is 0 Å². The molecule has 6 heteroatoms. The molecule has 1 heterocycles. The number of rotatable bonds is 6. The summed E-state index contributed by atoms with van der Waals surface area (Å²) in [5.74, 6) is -0.109. The standard InChI is InChI=1S/C28H39N3O3/c1-27(2,3)20-11-10-12-21(28(4,5)6)25(20)29-26(33)23(32)19-30-15-17-31(18-16-30)22-13-8-9-14-24(22)34-7/h8-14H,15-19H2,1-7H3,(H,29,33). The Morgan fingerprint density at radius 1 is 0.853 bits per heavy atom. The van der Waals surface area contributed by atoms with Gasteiger partial charge in [0.1, 0.15) is 5.75 Å². The van der Waals surface area contributed by atoms with Crippen LogP contribution in [-0.2, 0) is 20.4 Å². The number of methoxy groups -OCH3 is 1. The number of piperazine rings is 1. The number of hydrogen-bond acceptors (Lipinski definition) is 5. The first-order valence-corrected chi connectivity index (χ1v) is 12.0. The lowest BCUT2D eigenvalue weighted by Gasteiger charge is -2.36. The molecule has 0 bridgehead atoms. The number of carbonyl (C=O) groups excluding carboxylic acids is 2. The van der Waals surface area contributed by atoms with Crippen molar-refractivity contribution >= 4 is 23.1 Å². The lowest BCUT2D eigenvalue weighted by Crippen LogP contribution is -2.49. The summed E-state index contributed by atoms with van der Waals surface area (Å²) in [6.07, 6.45) is 0. The minimum absolute atomic E-state index is 0.119. The maximum absolute atomic E-state index is 13.0. The Balaban J connectivity index is 1.67. The van der Waals surface area contributed by atoms with Gasteiger partial charge in [-0.3, -0.25) is 14.5 Å². The van der Waals surface area contributed by atoms with Gasteiger partial charge in [0.15, 0.2) is 0 Å². The van der Waals surface area contributed by atoms with Gasteiger partial charge in [-0.05, 0) is 34.1 Å². The number of amides is 1. The van der Waals surface area contributed by atoms with Crippen LogP contribution in [0.5, 0.6) is 5.75 Å². The van der Waals surface area contributed by atoms with Gasteiger partial charge in [0.25, 0.3) is 5.91 Å². The SMILES string of the molecule is COc1ccccc1N1CCN(CC(=O)C(=O)Nc2c(C(C)(C)C)cccc2C(C)(C)C)CC1. The number of anilines is 2. The van der Waals surface area contributed by atoms with Crippen LogP contribution in [0, 0.1) is 0 Å². The molecule has 1 aliphatic rings. The fraction of sp³-hybridized carbons (Fsp3) is 0.500. The predicted octanol–water partition coefficient (Wildman–Crippen LogP) is 4.62. The van der Waals surface area contributed by atoms with Crippen LogP contribution in [0.15, 0.2) is 42.5 Å². The molecule has 6 nitrogen and oxygen atoms in total. The smallest absolute Gasteiger partial charge is 0.293 e. The summed E-state index contributed by atoms with van der Waals surface area (Å²) in [6, 6.07) is 14.1. The summed E-state index contributed by atoms with van der Waals surface area (Å²) < 4.78 is 5.48. The predicted molar refractivity (Wildman–Crippen MR) is 139 cm³/mol. The molecule has 2 aromatic carbocycles. The summed E-state index contributed by atoms with van der Waals surface area (Å²) in [4.78, 5) is 30.2. The second-order valence-electron chi connectivity index (χ2n) is 11.0. The van der Waals surface area contributed by atoms with Crippen molar-refractivity contribution in [2.24, 2.45) is 0 Å². The molecule has 0 aromatic heterocycles. The van der Waals surface area contributed by atoms with E-state index in [9.17, 15) is 9.59 Å². The van der Waals surface area contributed by atoms with Gasteiger partial charge in [-0.25, -0.2) is 0 Å². The molecular formula is C28H39N3O3. The van der Waals surface area contributed by atoms with Crippen LogP contribution < -0.4 is 15.0 Å². The highest BCUT2D eigenvalue weighted by Gasteiger charge is 2.29. The molecule has 0 radical (unpaired) electrons. The fourth-order valence-electron chi connectivity index (χ4n) is 4.43. The van der Waals surface area contributed by atoms with Gasteiger partial charge in [0.05, 0.1) is 19.3 Å². The van der Waals surface area contributed by atoms with Gasteiger partial charge >= 0.3 is 0 Å². The van der Waals surface area contributed by atoms with Crippen LogP contribution >= 0.6 is 0 Å². The minimum atomic E-state index is -0.547. The van der Waals surface area contributed by atoms with Gasteiger partial charge < -0.3 is 15.0 Å². The first-order valence-electron chi connectivity index (χ1n) is 12.0. The van der Waals surface area contributed by atoms with E-state index < -0.39 is 11.7 Å².